The number of aromatic amines is 1. The van der Waals surface area contributed by atoms with Crippen LogP contribution in [0.5, 0.6) is 5.75 Å². The molecule has 1 fully saturated rings. The summed E-state index contributed by atoms with van der Waals surface area (Å²) in [6.07, 6.45) is 1.82. The molecule has 0 radical (unpaired) electrons. The van der Waals surface area contributed by atoms with E-state index in [0.717, 1.165) is 24.3 Å². The number of anilines is 1. The molecule has 150 valence electrons. The van der Waals surface area contributed by atoms with Gasteiger partial charge in [-0.25, -0.2) is 0 Å². The molecule has 0 unspecified atom stereocenters. The van der Waals surface area contributed by atoms with Crippen molar-refractivity contribution in [2.45, 2.75) is 30.7 Å². The highest BCUT2D eigenvalue weighted by Gasteiger charge is 2.32. The van der Waals surface area contributed by atoms with Crippen LogP contribution in [-0.2, 0) is 4.79 Å². The average Bonchev–Trinajstić information content (AvgIpc) is 2.88. The third-order valence-electron chi connectivity index (χ3n) is 4.81. The summed E-state index contributed by atoms with van der Waals surface area (Å²) in [6.45, 7) is -2.93. The van der Waals surface area contributed by atoms with Crippen molar-refractivity contribution in [3.05, 3.63) is 45.7 Å². The van der Waals surface area contributed by atoms with E-state index in [9.17, 15) is 18.4 Å². The minimum absolute atomic E-state index is 0.0262. The van der Waals surface area contributed by atoms with Crippen molar-refractivity contribution in [3.63, 3.8) is 0 Å². The number of alkyl halides is 2. The lowest BCUT2D eigenvalue weighted by atomic mass is 10.1. The van der Waals surface area contributed by atoms with Gasteiger partial charge in [0.15, 0.2) is 0 Å². The SMILES string of the molecule is O=C1CS[C@H](c2cccc(OC(F)F)c2)c2c(n(C3CCSCC3)[nH]c2=O)N1. The number of hydrogen-bond donors (Lipinski definition) is 2. The summed E-state index contributed by atoms with van der Waals surface area (Å²) in [7, 11) is 0. The molecule has 1 saturated heterocycles. The second kappa shape index (κ2) is 8.20. The zero-order valence-corrected chi connectivity index (χ0v) is 16.5. The molecule has 1 atom stereocenters. The Morgan fingerprint density at radius 2 is 2.00 bits per heavy atom. The third-order valence-corrected chi connectivity index (χ3v) is 7.12. The number of benzene rings is 1. The quantitative estimate of drug-likeness (QED) is 0.780. The van der Waals surface area contributed by atoms with Crippen LogP contribution in [0, 0.1) is 0 Å². The molecule has 0 saturated carbocycles. The number of ether oxygens (including phenoxy) is 1. The molecule has 28 heavy (non-hydrogen) atoms. The second-order valence-electron chi connectivity index (χ2n) is 6.61. The Kier molecular flexibility index (Phi) is 5.68. The standard InChI is InChI=1S/C18H19F2N3O3S2/c19-18(20)26-12-3-1-2-10(8-12)15-14-16(21-13(24)9-28-15)23(22-17(14)25)11-4-6-27-7-5-11/h1-3,8,11,15,18H,4-7,9H2,(H,21,24)(H,22,25)/t15-/m1/s1. The maximum Gasteiger partial charge on any atom is 0.387 e. The summed E-state index contributed by atoms with van der Waals surface area (Å²) in [5, 5.41) is 5.30. The summed E-state index contributed by atoms with van der Waals surface area (Å²) in [6, 6.07) is 6.42. The molecule has 10 heteroatoms. The van der Waals surface area contributed by atoms with Crippen LogP contribution in [0.3, 0.4) is 0 Å². The number of hydrogen-bond acceptors (Lipinski definition) is 5. The molecular formula is C18H19F2N3O3S2. The number of rotatable bonds is 4. The first-order valence-electron chi connectivity index (χ1n) is 8.91. The number of halogens is 2. The number of nitrogens with one attached hydrogen (secondary N) is 2. The predicted octanol–water partition coefficient (Wildman–Crippen LogP) is 3.62. The number of fused-ring (bicyclic) bond motifs is 1. The number of carbonyl (C=O) groups is 1. The molecule has 2 N–H and O–H groups in total. The van der Waals surface area contributed by atoms with Crippen LogP contribution in [-0.4, -0.2) is 39.6 Å². The van der Waals surface area contributed by atoms with Crippen molar-refractivity contribution < 1.29 is 18.3 Å². The summed E-state index contributed by atoms with van der Waals surface area (Å²) in [5.41, 5.74) is 0.819. The van der Waals surface area contributed by atoms with E-state index in [-0.39, 0.29) is 29.0 Å². The van der Waals surface area contributed by atoms with E-state index in [1.807, 2.05) is 11.8 Å². The summed E-state index contributed by atoms with van der Waals surface area (Å²) in [5.74, 6) is 2.49. The molecule has 2 aliphatic rings. The molecule has 0 aliphatic carbocycles. The third kappa shape index (κ3) is 3.93. The largest absolute Gasteiger partial charge is 0.435 e. The Morgan fingerprint density at radius 3 is 2.75 bits per heavy atom. The van der Waals surface area contributed by atoms with E-state index in [4.69, 9.17) is 0 Å². The monoisotopic (exact) mass is 427 g/mol. The molecule has 2 aliphatic heterocycles. The number of nitrogens with zero attached hydrogens (tertiary/aromatic N) is 1. The fourth-order valence-corrected chi connectivity index (χ4v) is 5.77. The van der Waals surface area contributed by atoms with Gasteiger partial charge in [-0.1, -0.05) is 12.1 Å². The Hall–Kier alpha value is -1.94. The Balaban J connectivity index is 1.76. The smallest absolute Gasteiger partial charge is 0.387 e. The normalized spacial score (nSPS) is 20.5. The van der Waals surface area contributed by atoms with E-state index >= 15 is 0 Å². The minimum atomic E-state index is -2.93. The van der Waals surface area contributed by atoms with Gasteiger partial charge in [-0.05, 0) is 42.0 Å². The van der Waals surface area contributed by atoms with Crippen LogP contribution in [0.25, 0.3) is 0 Å². The van der Waals surface area contributed by atoms with Crippen molar-refractivity contribution in [1.82, 2.24) is 9.78 Å². The molecule has 4 rings (SSSR count). The van der Waals surface area contributed by atoms with Gasteiger partial charge >= 0.3 is 6.61 Å². The van der Waals surface area contributed by atoms with Crippen LogP contribution in [0.1, 0.15) is 35.3 Å². The van der Waals surface area contributed by atoms with Crippen molar-refractivity contribution in [1.29, 1.82) is 0 Å². The van der Waals surface area contributed by atoms with E-state index < -0.39 is 11.9 Å². The Bertz CT molecular complexity index is 925. The lowest BCUT2D eigenvalue weighted by Crippen LogP contribution is -2.22. The van der Waals surface area contributed by atoms with E-state index in [1.165, 1.54) is 23.9 Å². The van der Waals surface area contributed by atoms with Gasteiger partial charge in [0.1, 0.15) is 11.6 Å². The van der Waals surface area contributed by atoms with Gasteiger partial charge in [-0.15, -0.1) is 11.8 Å². The molecule has 2 aromatic rings. The molecule has 1 aromatic carbocycles. The van der Waals surface area contributed by atoms with Gasteiger partial charge in [0.25, 0.3) is 5.56 Å². The first-order valence-corrected chi connectivity index (χ1v) is 11.1. The molecule has 0 bridgehead atoms. The minimum Gasteiger partial charge on any atom is -0.435 e. The van der Waals surface area contributed by atoms with Crippen molar-refractivity contribution in [3.8, 4) is 5.75 Å². The molecule has 0 spiro atoms. The zero-order chi connectivity index (χ0) is 19.7. The molecule has 3 heterocycles. The molecule has 6 nitrogen and oxygen atoms in total. The van der Waals surface area contributed by atoms with Gasteiger partial charge in [0.2, 0.25) is 5.91 Å². The second-order valence-corrected chi connectivity index (χ2v) is 8.93. The fraction of sp³-hybridized carbons (Fsp3) is 0.444. The molecule has 1 amide bonds. The van der Waals surface area contributed by atoms with Gasteiger partial charge in [-0.2, -0.15) is 20.5 Å². The highest BCUT2D eigenvalue weighted by molar-refractivity contribution is 8.00. The number of H-pyrrole nitrogens is 1. The Morgan fingerprint density at radius 1 is 1.21 bits per heavy atom. The van der Waals surface area contributed by atoms with Crippen LogP contribution < -0.4 is 15.6 Å². The maximum atomic E-state index is 12.8. The highest BCUT2D eigenvalue weighted by atomic mass is 32.2. The first-order chi connectivity index (χ1) is 13.5. The molecule has 1 aromatic heterocycles. The van der Waals surface area contributed by atoms with Crippen molar-refractivity contribution in [2.24, 2.45) is 0 Å². The van der Waals surface area contributed by atoms with E-state index in [0.29, 0.717) is 16.9 Å². The lowest BCUT2D eigenvalue weighted by molar-refractivity contribution is -0.113. The number of thioether (sulfide) groups is 2. The van der Waals surface area contributed by atoms with Gasteiger partial charge in [-0.3, -0.25) is 19.4 Å². The number of carbonyl (C=O) groups excluding carboxylic acids is 1. The van der Waals surface area contributed by atoms with Crippen molar-refractivity contribution in [2.75, 3.05) is 22.6 Å². The van der Waals surface area contributed by atoms with Crippen LogP contribution in [0.4, 0.5) is 14.6 Å². The van der Waals surface area contributed by atoms with Crippen molar-refractivity contribution >= 4 is 35.2 Å². The van der Waals surface area contributed by atoms with E-state index in [2.05, 4.69) is 15.2 Å². The summed E-state index contributed by atoms with van der Waals surface area (Å²) in [4.78, 5) is 25.1. The van der Waals surface area contributed by atoms with Crippen LogP contribution in [0.15, 0.2) is 29.1 Å². The summed E-state index contributed by atoms with van der Waals surface area (Å²) < 4.78 is 31.4. The van der Waals surface area contributed by atoms with Gasteiger partial charge in [0, 0.05) is 0 Å². The molecular weight excluding hydrogens is 408 g/mol. The Labute approximate surface area is 168 Å². The van der Waals surface area contributed by atoms with Gasteiger partial charge in [0.05, 0.1) is 22.6 Å². The maximum absolute atomic E-state index is 12.8. The van der Waals surface area contributed by atoms with Gasteiger partial charge < -0.3 is 10.1 Å². The summed E-state index contributed by atoms with van der Waals surface area (Å²) >= 11 is 3.17. The average molecular weight is 427 g/mol. The topological polar surface area (TPSA) is 76.1 Å². The van der Waals surface area contributed by atoms with Crippen LogP contribution >= 0.6 is 23.5 Å². The zero-order valence-electron chi connectivity index (χ0n) is 14.8. The predicted molar refractivity (Wildman–Crippen MR) is 107 cm³/mol. The fourth-order valence-electron chi connectivity index (χ4n) is 3.58. The van der Waals surface area contributed by atoms with E-state index in [1.54, 1.807) is 16.8 Å². The highest BCUT2D eigenvalue weighted by Crippen LogP contribution is 2.42. The first kappa shape index (κ1) is 19.4. The lowest BCUT2D eigenvalue weighted by Gasteiger charge is -2.24. The number of aromatic nitrogens is 2. The number of amides is 1. The van der Waals surface area contributed by atoms with Crippen LogP contribution in [0.2, 0.25) is 0 Å².